The molecule has 2 heterocycles. The Bertz CT molecular complexity index is 1120. The summed E-state index contributed by atoms with van der Waals surface area (Å²) in [7, 11) is 0. The minimum absolute atomic E-state index is 0.0545. The maximum Gasteiger partial charge on any atom is 0.140 e. The van der Waals surface area contributed by atoms with Crippen LogP contribution in [0.4, 0.5) is 4.39 Å². The molecule has 3 unspecified atom stereocenters. The molecule has 5 rings (SSSR count). The summed E-state index contributed by atoms with van der Waals surface area (Å²) in [5, 5.41) is 1.52. The average Bonchev–Trinajstić information content (AvgIpc) is 3.32. The number of carbonyl (C=O) groups excluding carboxylic acids is 1. The lowest BCUT2D eigenvalue weighted by atomic mass is 9.83. The number of rotatable bonds is 5. The first-order valence-electron chi connectivity index (χ1n) is 11.1. The van der Waals surface area contributed by atoms with E-state index >= 15 is 0 Å². The molecular weight excluding hydrogens is 411 g/mol. The Kier molecular flexibility index (Phi) is 5.51. The molecule has 0 bridgehead atoms. The van der Waals surface area contributed by atoms with Crippen molar-refractivity contribution < 1.29 is 9.18 Å². The summed E-state index contributed by atoms with van der Waals surface area (Å²) in [6.07, 6.45) is 10.0. The number of hydrogen-bond donors (Lipinski definition) is 0. The van der Waals surface area contributed by atoms with Crippen LogP contribution >= 0.6 is 11.6 Å². The highest BCUT2D eigenvalue weighted by molar-refractivity contribution is 6.30. The molecule has 2 aliphatic rings. The first-order chi connectivity index (χ1) is 15.0. The van der Waals surface area contributed by atoms with E-state index in [1.54, 1.807) is 24.5 Å². The van der Waals surface area contributed by atoms with E-state index < -0.39 is 0 Å². The molecule has 5 heteroatoms. The molecule has 3 nitrogen and oxygen atoms in total. The van der Waals surface area contributed by atoms with E-state index in [2.05, 4.69) is 23.0 Å². The lowest BCUT2D eigenvalue weighted by Crippen LogP contribution is -2.21. The smallest absolute Gasteiger partial charge is 0.140 e. The molecule has 0 N–H and O–H groups in total. The Hall–Kier alpha value is -2.33. The Morgan fingerprint density at radius 1 is 1.13 bits per heavy atom. The Balaban J connectivity index is 1.25. The molecule has 0 spiro atoms. The number of fused-ring (bicyclic) bond motifs is 2. The second kappa shape index (κ2) is 8.31. The van der Waals surface area contributed by atoms with E-state index in [-0.39, 0.29) is 17.5 Å². The molecule has 2 fully saturated rings. The Morgan fingerprint density at radius 3 is 2.65 bits per heavy atom. The number of nitrogens with zero attached hydrogens (tertiary/aromatic N) is 2. The fourth-order valence-electron chi connectivity index (χ4n) is 6.00. The van der Waals surface area contributed by atoms with Crippen LogP contribution in [0.15, 0.2) is 48.9 Å². The highest BCUT2D eigenvalue weighted by Gasteiger charge is 2.44. The Labute approximate surface area is 187 Å². The van der Waals surface area contributed by atoms with Crippen LogP contribution in [-0.4, -0.2) is 15.8 Å². The number of pyridine rings is 2. The van der Waals surface area contributed by atoms with Crippen LogP contribution in [0, 0.1) is 29.5 Å². The average molecular weight is 437 g/mol. The van der Waals surface area contributed by atoms with Gasteiger partial charge in [-0.15, -0.1) is 0 Å². The second-order valence-electron chi connectivity index (χ2n) is 9.42. The van der Waals surface area contributed by atoms with E-state index in [0.29, 0.717) is 35.1 Å². The van der Waals surface area contributed by atoms with Gasteiger partial charge in [0.05, 0.1) is 10.5 Å². The molecule has 3 aromatic rings. The fraction of sp³-hybridized carbons (Fsp3) is 0.423. The topological polar surface area (TPSA) is 42.9 Å². The normalized spacial score (nSPS) is 26.2. The maximum absolute atomic E-state index is 13.9. The van der Waals surface area contributed by atoms with Gasteiger partial charge in [-0.3, -0.25) is 14.8 Å². The van der Waals surface area contributed by atoms with Crippen molar-refractivity contribution in [3.63, 3.8) is 0 Å². The zero-order valence-electron chi connectivity index (χ0n) is 17.6. The van der Waals surface area contributed by atoms with Crippen LogP contribution < -0.4 is 0 Å². The summed E-state index contributed by atoms with van der Waals surface area (Å²) in [6.45, 7) is 2.09. The van der Waals surface area contributed by atoms with Crippen molar-refractivity contribution >= 4 is 28.3 Å². The van der Waals surface area contributed by atoms with Crippen LogP contribution in [0.1, 0.15) is 49.7 Å². The van der Waals surface area contributed by atoms with Gasteiger partial charge in [0.25, 0.3) is 0 Å². The third-order valence-corrected chi connectivity index (χ3v) is 7.79. The number of aromatic nitrogens is 2. The highest BCUT2D eigenvalue weighted by Crippen LogP contribution is 2.54. The molecule has 2 aliphatic carbocycles. The van der Waals surface area contributed by atoms with Crippen molar-refractivity contribution in [2.24, 2.45) is 23.7 Å². The van der Waals surface area contributed by atoms with Gasteiger partial charge in [0, 0.05) is 36.3 Å². The summed E-state index contributed by atoms with van der Waals surface area (Å²) in [5.41, 5.74) is 2.98. The number of benzene rings is 1. The molecule has 0 aliphatic heterocycles. The molecule has 2 aromatic heterocycles. The predicted octanol–water partition coefficient (Wildman–Crippen LogP) is 6.39. The van der Waals surface area contributed by atoms with Gasteiger partial charge in [-0.05, 0) is 90.8 Å². The maximum atomic E-state index is 13.9. The molecule has 0 amide bonds. The van der Waals surface area contributed by atoms with E-state index in [9.17, 15) is 9.18 Å². The summed E-state index contributed by atoms with van der Waals surface area (Å²) in [6, 6.07) is 8.76. The monoisotopic (exact) mass is 436 g/mol. The zero-order chi connectivity index (χ0) is 21.5. The molecule has 160 valence electrons. The second-order valence-corrected chi connectivity index (χ2v) is 9.86. The zero-order valence-corrected chi connectivity index (χ0v) is 18.4. The van der Waals surface area contributed by atoms with Gasteiger partial charge in [0.1, 0.15) is 11.6 Å². The minimum atomic E-state index is -0.206. The van der Waals surface area contributed by atoms with Crippen LogP contribution in [0.5, 0.6) is 0 Å². The molecule has 31 heavy (non-hydrogen) atoms. The lowest BCUT2D eigenvalue weighted by molar-refractivity contribution is -0.123. The summed E-state index contributed by atoms with van der Waals surface area (Å²) in [5.74, 6) is 2.32. The molecular formula is C26H26ClFN2O. The quantitative estimate of drug-likeness (QED) is 0.465. The van der Waals surface area contributed by atoms with Crippen molar-refractivity contribution in [2.45, 2.75) is 44.9 Å². The number of halogens is 2. The van der Waals surface area contributed by atoms with Gasteiger partial charge in [0.15, 0.2) is 0 Å². The fourth-order valence-corrected chi connectivity index (χ4v) is 6.20. The molecule has 0 radical (unpaired) electrons. The van der Waals surface area contributed by atoms with Crippen molar-refractivity contribution in [3.8, 4) is 0 Å². The lowest BCUT2D eigenvalue weighted by Gasteiger charge is -2.21. The SMILES string of the molecule is CC(C(=O)Cc1cncc(Cl)c1)C1C[C@H]2CC(c3ccnc4ccc(F)cc34)C[C@H]2C1. The third-order valence-electron chi connectivity index (χ3n) is 7.58. The van der Waals surface area contributed by atoms with Crippen LogP contribution in [0.2, 0.25) is 5.02 Å². The first kappa shape index (κ1) is 20.6. The van der Waals surface area contributed by atoms with Gasteiger partial charge in [-0.2, -0.15) is 0 Å². The van der Waals surface area contributed by atoms with E-state index in [1.165, 1.54) is 11.6 Å². The summed E-state index contributed by atoms with van der Waals surface area (Å²) in [4.78, 5) is 21.4. The van der Waals surface area contributed by atoms with Gasteiger partial charge in [-0.1, -0.05) is 18.5 Å². The molecule has 5 atom stereocenters. The van der Waals surface area contributed by atoms with Crippen molar-refractivity contribution in [1.29, 1.82) is 0 Å². The standard InChI is InChI=1S/C26H26ClFN2O/c1-15(26(31)7-16-6-21(27)14-29-13-16)17-8-18-10-20(11-19(18)9-17)23-4-5-30-25-3-2-22(28)12-24(23)25/h2-6,12-15,17-20H,7-11H2,1H3/t15?,17?,18-,19+,20?. The minimum Gasteiger partial charge on any atom is -0.299 e. The van der Waals surface area contributed by atoms with Gasteiger partial charge in [-0.25, -0.2) is 4.39 Å². The van der Waals surface area contributed by atoms with Gasteiger partial charge in [0.2, 0.25) is 0 Å². The number of ketones is 1. The predicted molar refractivity (Wildman–Crippen MR) is 121 cm³/mol. The highest BCUT2D eigenvalue weighted by atomic mass is 35.5. The van der Waals surface area contributed by atoms with Crippen molar-refractivity contribution in [3.05, 3.63) is 70.9 Å². The van der Waals surface area contributed by atoms with E-state index in [1.807, 2.05) is 12.3 Å². The van der Waals surface area contributed by atoms with Crippen molar-refractivity contribution in [2.75, 3.05) is 0 Å². The molecule has 1 aromatic carbocycles. The summed E-state index contributed by atoms with van der Waals surface area (Å²) >= 11 is 6.01. The van der Waals surface area contributed by atoms with Crippen LogP contribution in [0.3, 0.4) is 0 Å². The number of Topliss-reactive ketones (excluding diaryl/α,β-unsaturated/α-hetero) is 1. The summed E-state index contributed by atoms with van der Waals surface area (Å²) < 4.78 is 13.9. The van der Waals surface area contributed by atoms with Gasteiger partial charge >= 0.3 is 0 Å². The van der Waals surface area contributed by atoms with E-state index in [0.717, 1.165) is 42.1 Å². The van der Waals surface area contributed by atoms with Crippen molar-refractivity contribution in [1.82, 2.24) is 9.97 Å². The van der Waals surface area contributed by atoms with E-state index in [4.69, 9.17) is 11.6 Å². The number of hydrogen-bond acceptors (Lipinski definition) is 3. The third kappa shape index (κ3) is 4.10. The molecule has 0 saturated heterocycles. The Morgan fingerprint density at radius 2 is 1.90 bits per heavy atom. The first-order valence-corrected chi connectivity index (χ1v) is 11.5. The molecule has 2 saturated carbocycles. The van der Waals surface area contributed by atoms with Crippen LogP contribution in [0.25, 0.3) is 10.9 Å². The number of carbonyl (C=O) groups is 1. The van der Waals surface area contributed by atoms with Gasteiger partial charge < -0.3 is 0 Å². The largest absolute Gasteiger partial charge is 0.299 e. The van der Waals surface area contributed by atoms with Crippen LogP contribution in [-0.2, 0) is 11.2 Å².